The highest BCUT2D eigenvalue weighted by Gasteiger charge is 2.22. The quantitative estimate of drug-likeness (QED) is 0.514. The lowest BCUT2D eigenvalue weighted by atomic mass is 10.1. The van der Waals surface area contributed by atoms with Crippen LogP contribution in [0.3, 0.4) is 0 Å². The summed E-state index contributed by atoms with van der Waals surface area (Å²) in [5.74, 6) is -4.72. The van der Waals surface area contributed by atoms with Crippen LogP contribution < -0.4 is 0 Å². The fourth-order valence-corrected chi connectivity index (χ4v) is 0.975. The number of phenols is 2. The third-order valence-corrected chi connectivity index (χ3v) is 1.60. The maximum Gasteiger partial charge on any atom is 0.340 e. The molecule has 0 amide bonds. The van der Waals surface area contributed by atoms with Crippen LogP contribution in [0.1, 0.15) is 20.7 Å². The molecule has 0 aliphatic rings. The molecule has 74 valence electrons. The van der Waals surface area contributed by atoms with E-state index < -0.39 is 34.6 Å². The Labute approximate surface area is 77.7 Å². The molecule has 0 fully saturated rings. The van der Waals surface area contributed by atoms with Crippen molar-refractivity contribution in [3.63, 3.8) is 0 Å². The van der Waals surface area contributed by atoms with Gasteiger partial charge in [0, 0.05) is 0 Å². The van der Waals surface area contributed by atoms with Crippen LogP contribution in [0, 0.1) is 0 Å². The normalized spacial score (nSPS) is 9.71. The first-order chi connectivity index (χ1) is 6.45. The molecule has 6 nitrogen and oxygen atoms in total. The fraction of sp³-hybridized carbons (Fsp3) is 0. The van der Waals surface area contributed by atoms with Crippen molar-refractivity contribution >= 4 is 11.9 Å². The number of carbonyl (C=O) groups is 2. The molecule has 0 unspecified atom stereocenters. The first-order valence-electron chi connectivity index (χ1n) is 3.46. The van der Waals surface area contributed by atoms with Gasteiger partial charge in [0.15, 0.2) is 11.5 Å². The molecule has 4 N–H and O–H groups in total. The molecule has 0 radical (unpaired) electrons. The van der Waals surface area contributed by atoms with Gasteiger partial charge in [-0.1, -0.05) is 0 Å². The standard InChI is InChI=1S/C8H6O6/c9-4-2-1-3(7(11)12)5(6(4)10)8(13)14/h1-2,9-10H,(H,11,12)(H,13,14). The molecule has 0 atom stereocenters. The van der Waals surface area contributed by atoms with Crippen LogP contribution in [0.25, 0.3) is 0 Å². The molecule has 0 heterocycles. The van der Waals surface area contributed by atoms with Gasteiger partial charge >= 0.3 is 11.9 Å². The molecule has 0 aromatic heterocycles. The summed E-state index contributed by atoms with van der Waals surface area (Å²) in [7, 11) is 0. The highest BCUT2D eigenvalue weighted by atomic mass is 16.4. The molecule has 1 rings (SSSR count). The topological polar surface area (TPSA) is 115 Å². The first-order valence-corrected chi connectivity index (χ1v) is 3.46. The molecule has 0 saturated carbocycles. The molecule has 6 heteroatoms. The van der Waals surface area contributed by atoms with Gasteiger partial charge in [0.1, 0.15) is 5.56 Å². The minimum absolute atomic E-state index is 0.576. The molecule has 1 aromatic rings. The Balaban J connectivity index is 3.53. The van der Waals surface area contributed by atoms with E-state index in [1.54, 1.807) is 0 Å². The van der Waals surface area contributed by atoms with Crippen LogP contribution in [0.4, 0.5) is 0 Å². The number of carboxylic acid groups (broad SMARTS) is 2. The smallest absolute Gasteiger partial charge is 0.340 e. The monoisotopic (exact) mass is 198 g/mol. The number of benzene rings is 1. The largest absolute Gasteiger partial charge is 0.504 e. The van der Waals surface area contributed by atoms with E-state index in [2.05, 4.69) is 0 Å². The molecule has 0 aliphatic heterocycles. The molecule has 14 heavy (non-hydrogen) atoms. The van der Waals surface area contributed by atoms with Gasteiger partial charge in [-0.2, -0.15) is 0 Å². The average molecular weight is 198 g/mol. The van der Waals surface area contributed by atoms with Crippen LogP contribution in [-0.4, -0.2) is 32.4 Å². The molecule has 0 spiro atoms. The number of hydrogen-bond donors (Lipinski definition) is 4. The van der Waals surface area contributed by atoms with Gasteiger partial charge in [0.25, 0.3) is 0 Å². The summed E-state index contributed by atoms with van der Waals surface area (Å²) in [6, 6.07) is 1.81. The lowest BCUT2D eigenvalue weighted by Gasteiger charge is -2.04. The van der Waals surface area contributed by atoms with Gasteiger partial charge in [-0.3, -0.25) is 0 Å². The van der Waals surface area contributed by atoms with Crippen molar-refractivity contribution < 1.29 is 30.0 Å². The Morgan fingerprint density at radius 2 is 1.57 bits per heavy atom. The van der Waals surface area contributed by atoms with Crippen LogP contribution in [0.5, 0.6) is 11.5 Å². The van der Waals surface area contributed by atoms with Crippen molar-refractivity contribution in [3.8, 4) is 11.5 Å². The van der Waals surface area contributed by atoms with Crippen LogP contribution >= 0.6 is 0 Å². The summed E-state index contributed by atoms with van der Waals surface area (Å²) in [6.07, 6.45) is 0. The zero-order valence-corrected chi connectivity index (χ0v) is 6.76. The van der Waals surface area contributed by atoms with Gasteiger partial charge in [-0.25, -0.2) is 9.59 Å². The van der Waals surface area contributed by atoms with E-state index in [9.17, 15) is 9.59 Å². The molecule has 1 aromatic carbocycles. The van der Waals surface area contributed by atoms with E-state index in [0.717, 1.165) is 12.1 Å². The van der Waals surface area contributed by atoms with E-state index in [1.165, 1.54) is 0 Å². The lowest BCUT2D eigenvalue weighted by Crippen LogP contribution is -2.08. The van der Waals surface area contributed by atoms with Gasteiger partial charge in [-0.05, 0) is 12.1 Å². The molecular formula is C8H6O6. The van der Waals surface area contributed by atoms with E-state index in [-0.39, 0.29) is 0 Å². The Bertz CT molecular complexity index is 409. The van der Waals surface area contributed by atoms with E-state index >= 15 is 0 Å². The van der Waals surface area contributed by atoms with E-state index in [1.807, 2.05) is 0 Å². The molecular weight excluding hydrogens is 192 g/mol. The number of aromatic carboxylic acids is 2. The second kappa shape index (κ2) is 3.25. The van der Waals surface area contributed by atoms with Crippen molar-refractivity contribution in [1.82, 2.24) is 0 Å². The molecule has 0 aliphatic carbocycles. The Morgan fingerprint density at radius 1 is 1.00 bits per heavy atom. The van der Waals surface area contributed by atoms with Crippen molar-refractivity contribution in [3.05, 3.63) is 23.3 Å². The van der Waals surface area contributed by atoms with Crippen molar-refractivity contribution in [2.75, 3.05) is 0 Å². The highest BCUT2D eigenvalue weighted by molar-refractivity contribution is 6.04. The number of hydrogen-bond acceptors (Lipinski definition) is 4. The third kappa shape index (κ3) is 1.45. The zero-order valence-electron chi connectivity index (χ0n) is 6.76. The van der Waals surface area contributed by atoms with Crippen LogP contribution in [0.15, 0.2) is 12.1 Å². The Hall–Kier alpha value is -2.24. The lowest BCUT2D eigenvalue weighted by molar-refractivity contribution is 0.0648. The average Bonchev–Trinajstić information content (AvgIpc) is 2.08. The summed E-state index contributed by atoms with van der Waals surface area (Å²) in [6.45, 7) is 0. The zero-order chi connectivity index (χ0) is 10.9. The summed E-state index contributed by atoms with van der Waals surface area (Å²) in [4.78, 5) is 21.1. The number of aromatic hydroxyl groups is 2. The summed E-state index contributed by atoms with van der Waals surface area (Å²) in [5.41, 5.74) is -1.40. The fourth-order valence-electron chi connectivity index (χ4n) is 0.975. The first kappa shape index (κ1) is 9.85. The van der Waals surface area contributed by atoms with Crippen LogP contribution in [-0.2, 0) is 0 Å². The van der Waals surface area contributed by atoms with Crippen LogP contribution in [0.2, 0.25) is 0 Å². The van der Waals surface area contributed by atoms with Gasteiger partial charge in [0.05, 0.1) is 5.56 Å². The molecule has 0 bridgehead atoms. The summed E-state index contributed by atoms with van der Waals surface area (Å²) in [5, 5.41) is 35.2. The predicted octanol–water partition coefficient (Wildman–Crippen LogP) is 0.494. The highest BCUT2D eigenvalue weighted by Crippen LogP contribution is 2.31. The Morgan fingerprint density at radius 3 is 2.00 bits per heavy atom. The number of phenolic OH excluding ortho intramolecular Hbond substituents is 1. The second-order valence-electron chi connectivity index (χ2n) is 2.47. The van der Waals surface area contributed by atoms with Gasteiger partial charge in [-0.15, -0.1) is 0 Å². The van der Waals surface area contributed by atoms with Crippen molar-refractivity contribution in [2.45, 2.75) is 0 Å². The minimum Gasteiger partial charge on any atom is -0.504 e. The maximum atomic E-state index is 10.6. The van der Waals surface area contributed by atoms with E-state index in [4.69, 9.17) is 20.4 Å². The number of carboxylic acids is 2. The SMILES string of the molecule is O=C(O)c1ccc(O)c(O)c1C(=O)O. The van der Waals surface area contributed by atoms with Crippen molar-refractivity contribution in [2.24, 2.45) is 0 Å². The van der Waals surface area contributed by atoms with Crippen molar-refractivity contribution in [1.29, 1.82) is 0 Å². The summed E-state index contributed by atoms with van der Waals surface area (Å²) < 4.78 is 0. The second-order valence-corrected chi connectivity index (χ2v) is 2.47. The minimum atomic E-state index is -1.61. The number of rotatable bonds is 2. The Kier molecular flexibility index (Phi) is 2.29. The van der Waals surface area contributed by atoms with Gasteiger partial charge < -0.3 is 20.4 Å². The third-order valence-electron chi connectivity index (χ3n) is 1.60. The van der Waals surface area contributed by atoms with E-state index in [0.29, 0.717) is 0 Å². The van der Waals surface area contributed by atoms with Gasteiger partial charge in [0.2, 0.25) is 0 Å². The molecule has 0 saturated heterocycles. The summed E-state index contributed by atoms with van der Waals surface area (Å²) >= 11 is 0. The maximum absolute atomic E-state index is 10.6. The predicted molar refractivity (Wildman–Crippen MR) is 43.7 cm³/mol.